The third kappa shape index (κ3) is 3.87. The molecule has 1 aromatic heterocycles. The number of aryl methyl sites for hydroxylation is 1. The zero-order valence-electron chi connectivity index (χ0n) is 9.69. The molecule has 0 fully saturated rings. The molecule has 0 radical (unpaired) electrons. The van der Waals surface area contributed by atoms with Gasteiger partial charge in [-0.05, 0) is 14.0 Å². The molecule has 0 amide bonds. The van der Waals surface area contributed by atoms with Gasteiger partial charge in [0.2, 0.25) is 0 Å². The first-order valence-corrected chi connectivity index (χ1v) is 5.68. The number of rotatable bonds is 6. The van der Waals surface area contributed by atoms with Crippen LogP contribution < -0.4 is 0 Å². The van der Waals surface area contributed by atoms with Crippen molar-refractivity contribution in [1.82, 2.24) is 9.88 Å². The Kier molecular flexibility index (Phi) is 5.17. The molecule has 0 atom stereocenters. The zero-order valence-corrected chi connectivity index (χ0v) is 10.5. The third-order valence-electron chi connectivity index (χ3n) is 2.24. The Hall–Kier alpha value is -0.490. The van der Waals surface area contributed by atoms with Crippen molar-refractivity contribution in [3.8, 4) is 0 Å². The van der Waals surface area contributed by atoms with Crippen LogP contribution in [0.15, 0.2) is 5.51 Å². The van der Waals surface area contributed by atoms with Gasteiger partial charge in [-0.25, -0.2) is 4.98 Å². The van der Waals surface area contributed by atoms with E-state index >= 15 is 0 Å². The topological polar surface area (TPSA) is 34.6 Å². The van der Waals surface area contributed by atoms with Crippen LogP contribution in [0.2, 0.25) is 0 Å². The van der Waals surface area contributed by atoms with E-state index < -0.39 is 0 Å². The lowest BCUT2D eigenvalue weighted by molar-refractivity contribution is -0.114. The van der Waals surface area contributed by atoms with Crippen molar-refractivity contribution >= 4 is 11.3 Å². The molecule has 1 aromatic rings. The lowest BCUT2D eigenvalue weighted by atomic mass is 10.3. The predicted molar refractivity (Wildman–Crippen MR) is 61.0 cm³/mol. The minimum Gasteiger partial charge on any atom is -0.355 e. The molecule has 0 aromatic carbocycles. The second-order valence-electron chi connectivity index (χ2n) is 3.46. The average Bonchev–Trinajstić information content (AvgIpc) is 2.61. The first-order chi connectivity index (χ1) is 7.17. The second kappa shape index (κ2) is 6.17. The summed E-state index contributed by atoms with van der Waals surface area (Å²) in [6, 6.07) is 0. The molecule has 0 aliphatic heterocycles. The molecule has 0 bridgehead atoms. The molecule has 86 valence electrons. The monoisotopic (exact) mass is 230 g/mol. The number of thiazole rings is 1. The summed E-state index contributed by atoms with van der Waals surface area (Å²) in [5.41, 5.74) is 2.99. The van der Waals surface area contributed by atoms with Crippen LogP contribution in [-0.4, -0.2) is 44.0 Å². The van der Waals surface area contributed by atoms with Gasteiger partial charge in [0.05, 0.1) is 11.2 Å². The van der Waals surface area contributed by atoms with Crippen LogP contribution in [0.4, 0.5) is 0 Å². The van der Waals surface area contributed by atoms with Crippen molar-refractivity contribution in [1.29, 1.82) is 0 Å². The quantitative estimate of drug-likeness (QED) is 0.694. The molecule has 0 aliphatic rings. The smallest absolute Gasteiger partial charge is 0.169 e. The molecule has 0 saturated carbocycles. The predicted octanol–water partition coefficient (Wildman–Crippen LogP) is 1.50. The van der Waals surface area contributed by atoms with Crippen LogP contribution in [0.1, 0.15) is 10.6 Å². The minimum atomic E-state index is -0.164. The Bertz CT molecular complexity index is 287. The van der Waals surface area contributed by atoms with Crippen molar-refractivity contribution in [2.24, 2.45) is 0 Å². The number of hydrogen-bond acceptors (Lipinski definition) is 5. The normalized spacial score (nSPS) is 11.6. The molecule has 0 saturated heterocycles. The number of likely N-dealkylation sites (N-methyl/N-ethyl adjacent to an activating group) is 1. The summed E-state index contributed by atoms with van der Waals surface area (Å²) in [4.78, 5) is 7.68. The van der Waals surface area contributed by atoms with Crippen LogP contribution in [-0.2, 0) is 16.0 Å². The summed E-state index contributed by atoms with van der Waals surface area (Å²) < 4.78 is 10.3. The van der Waals surface area contributed by atoms with Crippen LogP contribution in [0.5, 0.6) is 0 Å². The van der Waals surface area contributed by atoms with Gasteiger partial charge in [-0.3, -0.25) is 4.90 Å². The van der Waals surface area contributed by atoms with E-state index in [-0.39, 0.29) is 6.29 Å². The molecule has 0 N–H and O–H groups in total. The number of hydrogen-bond donors (Lipinski definition) is 0. The summed E-state index contributed by atoms with van der Waals surface area (Å²) in [5, 5.41) is 0. The van der Waals surface area contributed by atoms with Gasteiger partial charge in [0.15, 0.2) is 6.29 Å². The number of nitrogens with zero attached hydrogens (tertiary/aromatic N) is 2. The lowest BCUT2D eigenvalue weighted by Crippen LogP contribution is -2.31. The average molecular weight is 230 g/mol. The van der Waals surface area contributed by atoms with Gasteiger partial charge >= 0.3 is 0 Å². The summed E-state index contributed by atoms with van der Waals surface area (Å²) >= 11 is 1.69. The van der Waals surface area contributed by atoms with E-state index in [1.165, 1.54) is 4.88 Å². The standard InChI is InChI=1S/C10H18N2O2S/c1-8-9(15-7-11-8)5-12(2)6-10(13-3)14-4/h7,10H,5-6H2,1-4H3. The van der Waals surface area contributed by atoms with Gasteiger partial charge in [0, 0.05) is 32.2 Å². The maximum absolute atomic E-state index is 5.14. The van der Waals surface area contributed by atoms with E-state index in [0.717, 1.165) is 18.8 Å². The van der Waals surface area contributed by atoms with E-state index in [0.29, 0.717) is 0 Å². The van der Waals surface area contributed by atoms with E-state index in [9.17, 15) is 0 Å². The third-order valence-corrected chi connectivity index (χ3v) is 3.16. The number of ether oxygens (including phenoxy) is 2. The largest absolute Gasteiger partial charge is 0.355 e. The van der Waals surface area contributed by atoms with E-state index in [4.69, 9.17) is 9.47 Å². The zero-order chi connectivity index (χ0) is 11.3. The Morgan fingerprint density at radius 3 is 2.60 bits per heavy atom. The minimum absolute atomic E-state index is 0.164. The van der Waals surface area contributed by atoms with Gasteiger partial charge in [0.1, 0.15) is 0 Å². The van der Waals surface area contributed by atoms with Crippen molar-refractivity contribution < 1.29 is 9.47 Å². The Morgan fingerprint density at radius 1 is 1.47 bits per heavy atom. The fourth-order valence-electron chi connectivity index (χ4n) is 1.29. The highest BCUT2D eigenvalue weighted by atomic mass is 32.1. The fraction of sp³-hybridized carbons (Fsp3) is 0.700. The number of methoxy groups -OCH3 is 2. The molecule has 0 spiro atoms. The molecule has 0 unspecified atom stereocenters. The summed E-state index contributed by atoms with van der Waals surface area (Å²) in [6.07, 6.45) is -0.164. The van der Waals surface area contributed by atoms with Crippen molar-refractivity contribution in [3.05, 3.63) is 16.1 Å². The van der Waals surface area contributed by atoms with Crippen molar-refractivity contribution in [3.63, 3.8) is 0 Å². The Labute approximate surface area is 94.8 Å². The summed E-state index contributed by atoms with van der Waals surface area (Å²) in [7, 11) is 5.35. The first kappa shape index (κ1) is 12.6. The summed E-state index contributed by atoms with van der Waals surface area (Å²) in [5.74, 6) is 0. The van der Waals surface area contributed by atoms with Gasteiger partial charge in [-0.1, -0.05) is 0 Å². The Balaban J connectivity index is 2.42. The van der Waals surface area contributed by atoms with Crippen LogP contribution in [0, 0.1) is 6.92 Å². The van der Waals surface area contributed by atoms with Crippen molar-refractivity contribution in [2.75, 3.05) is 27.8 Å². The fourth-order valence-corrected chi connectivity index (χ4v) is 2.14. The first-order valence-electron chi connectivity index (χ1n) is 4.80. The van der Waals surface area contributed by atoms with Gasteiger partial charge in [-0.2, -0.15) is 0 Å². The van der Waals surface area contributed by atoms with Crippen LogP contribution in [0.3, 0.4) is 0 Å². The molecule has 1 heterocycles. The van der Waals surface area contributed by atoms with Gasteiger partial charge in [-0.15, -0.1) is 11.3 Å². The van der Waals surface area contributed by atoms with Gasteiger partial charge < -0.3 is 9.47 Å². The molecule has 1 rings (SSSR count). The highest BCUT2D eigenvalue weighted by Crippen LogP contribution is 2.14. The number of aromatic nitrogens is 1. The van der Waals surface area contributed by atoms with E-state index in [2.05, 4.69) is 9.88 Å². The lowest BCUT2D eigenvalue weighted by Gasteiger charge is -2.21. The molecule has 15 heavy (non-hydrogen) atoms. The van der Waals surface area contributed by atoms with Crippen LogP contribution >= 0.6 is 11.3 Å². The highest BCUT2D eigenvalue weighted by Gasteiger charge is 2.11. The highest BCUT2D eigenvalue weighted by molar-refractivity contribution is 7.09. The molecule has 4 nitrogen and oxygen atoms in total. The van der Waals surface area contributed by atoms with E-state index in [1.807, 2.05) is 19.5 Å². The molecule has 0 aliphatic carbocycles. The van der Waals surface area contributed by atoms with E-state index in [1.54, 1.807) is 25.6 Å². The Morgan fingerprint density at radius 2 is 2.13 bits per heavy atom. The van der Waals surface area contributed by atoms with Crippen LogP contribution in [0.25, 0.3) is 0 Å². The molecular formula is C10H18N2O2S. The maximum Gasteiger partial charge on any atom is 0.169 e. The molecular weight excluding hydrogens is 212 g/mol. The van der Waals surface area contributed by atoms with Gasteiger partial charge in [0.25, 0.3) is 0 Å². The van der Waals surface area contributed by atoms with Crippen molar-refractivity contribution in [2.45, 2.75) is 19.8 Å². The summed E-state index contributed by atoms with van der Waals surface area (Å²) in [6.45, 7) is 3.67. The second-order valence-corrected chi connectivity index (χ2v) is 4.40. The molecule has 5 heteroatoms. The maximum atomic E-state index is 5.14. The SMILES string of the molecule is COC(CN(C)Cc1scnc1C)OC.